The lowest BCUT2D eigenvalue weighted by Crippen LogP contribution is -2.15. The molecular formula is C19H17NS. The molecule has 0 aromatic heterocycles. The first-order chi connectivity index (χ1) is 10.4. The Morgan fingerprint density at radius 3 is 2.67 bits per heavy atom. The summed E-state index contributed by atoms with van der Waals surface area (Å²) in [5, 5.41) is 6.87. The lowest BCUT2D eigenvalue weighted by atomic mass is 10.1. The van der Waals surface area contributed by atoms with E-state index < -0.39 is 0 Å². The van der Waals surface area contributed by atoms with Crippen LogP contribution in [0.15, 0.2) is 71.6 Å². The van der Waals surface area contributed by atoms with E-state index in [2.05, 4.69) is 72.0 Å². The van der Waals surface area contributed by atoms with Crippen molar-refractivity contribution in [1.82, 2.24) is 0 Å². The molecule has 0 amide bonds. The van der Waals surface area contributed by atoms with Gasteiger partial charge in [0.25, 0.3) is 0 Å². The van der Waals surface area contributed by atoms with Crippen LogP contribution in [-0.4, -0.2) is 11.8 Å². The van der Waals surface area contributed by atoms with Crippen LogP contribution in [0.25, 0.3) is 10.8 Å². The van der Waals surface area contributed by atoms with Gasteiger partial charge in [-0.2, -0.15) is 0 Å². The van der Waals surface area contributed by atoms with Crippen molar-refractivity contribution in [2.75, 3.05) is 11.9 Å². The Morgan fingerprint density at radius 1 is 0.905 bits per heavy atom. The molecule has 1 N–H and O–H groups in total. The third kappa shape index (κ3) is 2.52. The fourth-order valence-corrected chi connectivity index (χ4v) is 4.22. The zero-order valence-electron chi connectivity index (χ0n) is 11.8. The molecule has 0 saturated carbocycles. The van der Waals surface area contributed by atoms with Crippen molar-refractivity contribution >= 4 is 28.2 Å². The number of rotatable bonds is 3. The predicted molar refractivity (Wildman–Crippen MR) is 92.2 cm³/mol. The van der Waals surface area contributed by atoms with E-state index in [1.165, 1.54) is 33.3 Å². The third-order valence-corrected chi connectivity index (χ3v) is 5.34. The van der Waals surface area contributed by atoms with E-state index >= 15 is 0 Å². The highest BCUT2D eigenvalue weighted by Gasteiger charge is 2.21. The summed E-state index contributed by atoms with van der Waals surface area (Å²) in [6, 6.07) is 23.8. The van der Waals surface area contributed by atoms with E-state index in [4.69, 9.17) is 0 Å². The van der Waals surface area contributed by atoms with Gasteiger partial charge in [-0.3, -0.25) is 0 Å². The lowest BCUT2D eigenvalue weighted by molar-refractivity contribution is 0.900. The first-order valence-corrected chi connectivity index (χ1v) is 8.24. The molecule has 3 aromatic carbocycles. The fraction of sp³-hybridized carbons (Fsp3) is 0.158. The molecule has 2 heteroatoms. The number of benzene rings is 3. The molecule has 3 aromatic rings. The molecule has 104 valence electrons. The number of hydrogen-bond acceptors (Lipinski definition) is 2. The second-order valence-electron chi connectivity index (χ2n) is 5.46. The Hall–Kier alpha value is -1.93. The molecule has 1 aliphatic rings. The average molecular weight is 291 g/mol. The molecule has 4 rings (SSSR count). The topological polar surface area (TPSA) is 12.0 Å². The summed E-state index contributed by atoms with van der Waals surface area (Å²) in [6.07, 6.45) is 1.17. The molecule has 0 fully saturated rings. The van der Waals surface area contributed by atoms with E-state index in [0.717, 1.165) is 6.54 Å². The minimum atomic E-state index is 0.626. The summed E-state index contributed by atoms with van der Waals surface area (Å²) in [7, 11) is 0. The largest absolute Gasteiger partial charge is 0.383 e. The summed E-state index contributed by atoms with van der Waals surface area (Å²) >= 11 is 2.00. The molecule has 1 atom stereocenters. The Balaban J connectivity index is 1.50. The van der Waals surface area contributed by atoms with Crippen LogP contribution < -0.4 is 5.32 Å². The SMILES string of the molecule is c1ccc2c(c1)CC(CNc1cccc3ccccc13)S2. The minimum Gasteiger partial charge on any atom is -0.383 e. The molecular weight excluding hydrogens is 274 g/mol. The van der Waals surface area contributed by atoms with Gasteiger partial charge in [0.05, 0.1) is 0 Å². The standard InChI is InChI=1S/C19H17NS/c1-3-9-17-14(6-1)8-5-10-18(17)20-13-16-12-15-7-2-4-11-19(15)21-16/h1-11,16,20H,12-13H2. The fourth-order valence-electron chi connectivity index (χ4n) is 2.97. The van der Waals surface area contributed by atoms with Crippen LogP contribution in [0.3, 0.4) is 0 Å². The molecule has 0 bridgehead atoms. The van der Waals surface area contributed by atoms with Crippen LogP contribution in [0.1, 0.15) is 5.56 Å². The van der Waals surface area contributed by atoms with Gasteiger partial charge in [0, 0.05) is 27.8 Å². The summed E-state index contributed by atoms with van der Waals surface area (Å²) < 4.78 is 0. The number of anilines is 1. The van der Waals surface area contributed by atoms with E-state index in [1.54, 1.807) is 0 Å². The highest BCUT2D eigenvalue weighted by molar-refractivity contribution is 8.00. The quantitative estimate of drug-likeness (QED) is 0.731. The lowest BCUT2D eigenvalue weighted by Gasteiger charge is -2.13. The van der Waals surface area contributed by atoms with Gasteiger partial charge >= 0.3 is 0 Å². The smallest absolute Gasteiger partial charge is 0.0420 e. The van der Waals surface area contributed by atoms with E-state index in [1.807, 2.05) is 11.8 Å². The molecule has 0 radical (unpaired) electrons. The highest BCUT2D eigenvalue weighted by atomic mass is 32.2. The van der Waals surface area contributed by atoms with Crippen molar-refractivity contribution in [1.29, 1.82) is 0 Å². The van der Waals surface area contributed by atoms with Gasteiger partial charge < -0.3 is 5.32 Å². The van der Waals surface area contributed by atoms with Gasteiger partial charge in [0.15, 0.2) is 0 Å². The van der Waals surface area contributed by atoms with Crippen molar-refractivity contribution in [2.45, 2.75) is 16.6 Å². The summed E-state index contributed by atoms with van der Waals surface area (Å²) in [6.45, 7) is 1.01. The highest BCUT2D eigenvalue weighted by Crippen LogP contribution is 2.37. The van der Waals surface area contributed by atoms with Gasteiger partial charge in [-0.05, 0) is 29.5 Å². The average Bonchev–Trinajstić information content (AvgIpc) is 2.96. The number of hydrogen-bond donors (Lipinski definition) is 1. The van der Waals surface area contributed by atoms with Crippen molar-refractivity contribution < 1.29 is 0 Å². The van der Waals surface area contributed by atoms with Gasteiger partial charge in [-0.15, -0.1) is 11.8 Å². The number of fused-ring (bicyclic) bond motifs is 2. The Kier molecular flexibility index (Phi) is 3.32. The first-order valence-electron chi connectivity index (χ1n) is 7.36. The second-order valence-corrected chi connectivity index (χ2v) is 6.80. The maximum absolute atomic E-state index is 3.64. The van der Waals surface area contributed by atoms with Crippen LogP contribution >= 0.6 is 11.8 Å². The normalized spacial score (nSPS) is 16.9. The molecule has 21 heavy (non-hydrogen) atoms. The van der Waals surface area contributed by atoms with Crippen LogP contribution in [0.2, 0.25) is 0 Å². The predicted octanol–water partition coefficient (Wildman–Crippen LogP) is 4.97. The van der Waals surface area contributed by atoms with Crippen LogP contribution in [0, 0.1) is 0 Å². The van der Waals surface area contributed by atoms with Crippen LogP contribution in [-0.2, 0) is 6.42 Å². The first kappa shape index (κ1) is 12.8. The van der Waals surface area contributed by atoms with Crippen molar-refractivity contribution in [2.24, 2.45) is 0 Å². The van der Waals surface area contributed by atoms with Gasteiger partial charge in [-0.1, -0.05) is 54.6 Å². The monoisotopic (exact) mass is 291 g/mol. The number of nitrogens with one attached hydrogen (secondary N) is 1. The second kappa shape index (κ2) is 5.45. The zero-order chi connectivity index (χ0) is 14.1. The van der Waals surface area contributed by atoms with Crippen LogP contribution in [0.4, 0.5) is 5.69 Å². The van der Waals surface area contributed by atoms with Crippen molar-refractivity contribution in [3.05, 3.63) is 72.3 Å². The third-order valence-electron chi connectivity index (χ3n) is 4.02. The van der Waals surface area contributed by atoms with Crippen molar-refractivity contribution in [3.63, 3.8) is 0 Å². The molecule has 1 nitrogen and oxygen atoms in total. The summed E-state index contributed by atoms with van der Waals surface area (Å²) in [5.41, 5.74) is 2.73. The van der Waals surface area contributed by atoms with E-state index in [0.29, 0.717) is 5.25 Å². The molecule has 1 aliphatic heterocycles. The van der Waals surface area contributed by atoms with Gasteiger partial charge in [0.1, 0.15) is 0 Å². The molecule has 1 heterocycles. The Bertz CT molecular complexity index is 751. The summed E-state index contributed by atoms with van der Waals surface area (Å²) in [5.74, 6) is 0. The van der Waals surface area contributed by atoms with E-state index in [-0.39, 0.29) is 0 Å². The summed E-state index contributed by atoms with van der Waals surface area (Å²) in [4.78, 5) is 1.45. The molecule has 0 spiro atoms. The Morgan fingerprint density at radius 2 is 1.71 bits per heavy atom. The maximum atomic E-state index is 3.64. The van der Waals surface area contributed by atoms with Crippen LogP contribution in [0.5, 0.6) is 0 Å². The molecule has 0 aliphatic carbocycles. The van der Waals surface area contributed by atoms with E-state index in [9.17, 15) is 0 Å². The van der Waals surface area contributed by atoms with Gasteiger partial charge in [-0.25, -0.2) is 0 Å². The maximum Gasteiger partial charge on any atom is 0.0420 e. The van der Waals surface area contributed by atoms with Gasteiger partial charge in [0.2, 0.25) is 0 Å². The van der Waals surface area contributed by atoms with Crippen molar-refractivity contribution in [3.8, 4) is 0 Å². The molecule has 1 unspecified atom stereocenters. The minimum absolute atomic E-state index is 0.626. The molecule has 0 saturated heterocycles. The zero-order valence-corrected chi connectivity index (χ0v) is 12.6. The Labute approximate surface area is 129 Å². The number of thioether (sulfide) groups is 1.